The van der Waals surface area contributed by atoms with E-state index < -0.39 is 75.4 Å². The van der Waals surface area contributed by atoms with Gasteiger partial charge in [0.2, 0.25) is 17.6 Å². The monoisotopic (exact) mass is 713 g/mol. The molecule has 51 heavy (non-hydrogen) atoms. The normalized spacial score (nSPS) is 21.1. The Hall–Kier alpha value is -4.23. The molecule has 3 rings (SSSR count). The highest BCUT2D eigenvalue weighted by Gasteiger charge is 2.70. The number of nitrogens with one attached hydrogen (secondary N) is 4. The first-order valence-electron chi connectivity index (χ1n) is 17.7. The van der Waals surface area contributed by atoms with Crippen LogP contribution in [-0.2, 0) is 19.2 Å². The third-order valence-electron chi connectivity index (χ3n) is 10.5. The number of hydrogen-bond acceptors (Lipinski definition) is 9. The summed E-state index contributed by atoms with van der Waals surface area (Å²) in [6, 6.07) is -4.09. The number of nitrogens with zero attached hydrogens (tertiary/aromatic N) is 3. The number of urea groups is 1. The molecule has 0 spiro atoms. The predicted octanol–water partition coefficient (Wildman–Crippen LogP) is 1.55. The molecule has 0 radical (unpaired) electrons. The Morgan fingerprint density at radius 2 is 1.53 bits per heavy atom. The highest BCUT2D eigenvalue weighted by atomic mass is 16.2. The number of amides is 5. The topological polar surface area (TPSA) is 177 Å². The van der Waals surface area contributed by atoms with E-state index in [0.29, 0.717) is 18.7 Å². The van der Waals surface area contributed by atoms with Gasteiger partial charge < -0.3 is 36.0 Å². The van der Waals surface area contributed by atoms with Crippen LogP contribution in [0, 0.1) is 28.1 Å². The van der Waals surface area contributed by atoms with Crippen molar-refractivity contribution in [2.75, 3.05) is 50.6 Å². The van der Waals surface area contributed by atoms with Crippen molar-refractivity contribution >= 4 is 40.9 Å². The second-order valence-electron chi connectivity index (χ2n) is 17.1. The molecule has 1 unspecified atom stereocenters. The van der Waals surface area contributed by atoms with Gasteiger partial charge in [-0.25, -0.2) is 4.79 Å². The van der Waals surface area contributed by atoms with Crippen LogP contribution in [0.5, 0.6) is 0 Å². The average molecular weight is 714 g/mol. The lowest BCUT2D eigenvalue weighted by Crippen LogP contribution is -2.62. The number of rotatable bonds is 15. The predicted molar refractivity (Wildman–Crippen MR) is 198 cm³/mol. The van der Waals surface area contributed by atoms with Gasteiger partial charge in [-0.3, -0.25) is 28.8 Å². The molecule has 1 heterocycles. The molecule has 2 fully saturated rings. The summed E-state index contributed by atoms with van der Waals surface area (Å²) in [6.45, 7) is 21.4. The molecular weight excluding hydrogens is 654 g/mol. The maximum atomic E-state index is 14.4. The first-order chi connectivity index (χ1) is 23.4. The zero-order valence-electron chi connectivity index (χ0n) is 32.5. The minimum Gasteiger partial charge on any atom is -0.373 e. The van der Waals surface area contributed by atoms with Crippen LogP contribution in [0.25, 0.3) is 0 Å². The van der Waals surface area contributed by atoms with Crippen molar-refractivity contribution < 1.29 is 24.0 Å². The van der Waals surface area contributed by atoms with Gasteiger partial charge in [0.05, 0.1) is 12.1 Å². The van der Waals surface area contributed by atoms with E-state index in [1.165, 1.54) is 11.0 Å². The fourth-order valence-corrected chi connectivity index (χ4v) is 7.22. The van der Waals surface area contributed by atoms with E-state index in [1.54, 1.807) is 30.9 Å². The number of Topliss-reactive ketones (excluding diaryl/α,β-unsaturated/α-hetero) is 1. The second-order valence-corrected chi connectivity index (χ2v) is 17.1. The summed E-state index contributed by atoms with van der Waals surface area (Å²) in [5, 5.41) is 11.1. The van der Waals surface area contributed by atoms with Crippen LogP contribution in [0.3, 0.4) is 0 Å². The Morgan fingerprint density at radius 1 is 0.941 bits per heavy atom. The molecule has 1 aromatic rings. The Labute approximate surface area is 301 Å². The van der Waals surface area contributed by atoms with Gasteiger partial charge >= 0.3 is 6.03 Å². The molecular formula is C37H59N7O7. The van der Waals surface area contributed by atoms with Crippen LogP contribution in [-0.4, -0.2) is 99.4 Å². The first-order valence-corrected chi connectivity index (χ1v) is 17.7. The SMILES string of the molecule is C=CCNC(=O)C(=O)C(CCC)NC(=O)[C@@H]1[C@@H]2[C@H](CN1C(=O)[C@@H](NC(=O)N[C@H](CN(C)c1c(N(C)C)c(=O)c1=O)C(C)(C)C)C(C)(C)C)C2(C)C. The van der Waals surface area contributed by atoms with Crippen molar-refractivity contribution in [1.29, 1.82) is 0 Å². The van der Waals surface area contributed by atoms with Crippen molar-refractivity contribution in [3.8, 4) is 0 Å². The Morgan fingerprint density at radius 3 is 2.04 bits per heavy atom. The number of carbonyl (C=O) groups is 5. The molecule has 284 valence electrons. The number of fused-ring (bicyclic) bond motifs is 1. The summed E-state index contributed by atoms with van der Waals surface area (Å²) in [5.41, 5.74) is -2.00. The maximum absolute atomic E-state index is 14.4. The number of likely N-dealkylation sites (tertiary alicyclic amines) is 1. The number of anilines is 2. The molecule has 1 aromatic carbocycles. The average Bonchev–Trinajstić information content (AvgIpc) is 3.32. The van der Waals surface area contributed by atoms with Gasteiger partial charge in [-0.1, -0.05) is 74.8 Å². The lowest BCUT2D eigenvalue weighted by Gasteiger charge is -2.39. The van der Waals surface area contributed by atoms with Gasteiger partial charge in [-0.15, -0.1) is 6.58 Å². The Kier molecular flexibility index (Phi) is 12.3. The molecule has 2 aliphatic rings. The van der Waals surface area contributed by atoms with Gasteiger partial charge in [-0.2, -0.15) is 0 Å². The number of likely N-dealkylation sites (N-methyl/N-ethyl adjacent to an activating group) is 1. The Balaban J connectivity index is 1.84. The molecule has 4 N–H and O–H groups in total. The second kappa shape index (κ2) is 15.2. The molecule has 1 saturated carbocycles. The summed E-state index contributed by atoms with van der Waals surface area (Å²) in [7, 11) is 5.08. The lowest BCUT2D eigenvalue weighted by molar-refractivity contribution is -0.145. The highest BCUT2D eigenvalue weighted by molar-refractivity contribution is 6.38. The van der Waals surface area contributed by atoms with Gasteiger partial charge in [0.25, 0.3) is 16.8 Å². The quantitative estimate of drug-likeness (QED) is 0.155. The van der Waals surface area contributed by atoms with Crippen LogP contribution >= 0.6 is 0 Å². The smallest absolute Gasteiger partial charge is 0.315 e. The minimum absolute atomic E-state index is 0.0473. The van der Waals surface area contributed by atoms with Gasteiger partial charge in [-0.05, 0) is 34.5 Å². The minimum atomic E-state index is -1.06. The highest BCUT2D eigenvalue weighted by Crippen LogP contribution is 2.65. The standard InChI is InChI=1S/C37H59N7O7/c1-14-16-21(27(45)32(49)38-17-15-2)39-31(48)24-23-20(37(23,9)10)18-44(24)33(50)30(36(6,7)8)41-34(51)40-22(35(3,4)5)19-43(13)26-25(42(11)12)28(46)29(26)47/h15,20-24,30H,2,14,16-19H2,1,3-13H3,(H,38,49)(H,39,48)(H2,40,41,51)/t20-,21?,22+,23-,24-,30+/m0/s1. The largest absolute Gasteiger partial charge is 0.373 e. The summed E-state index contributed by atoms with van der Waals surface area (Å²) in [6.07, 6.45) is 2.24. The molecule has 1 aliphatic carbocycles. The van der Waals surface area contributed by atoms with Crippen LogP contribution in [0.15, 0.2) is 22.2 Å². The molecule has 14 nitrogen and oxygen atoms in total. The van der Waals surface area contributed by atoms with Crippen molar-refractivity contribution in [3.05, 3.63) is 33.1 Å². The molecule has 14 heteroatoms. The van der Waals surface area contributed by atoms with E-state index in [0.717, 1.165) is 0 Å². The summed E-state index contributed by atoms with van der Waals surface area (Å²) in [5.74, 6) is -2.62. The third kappa shape index (κ3) is 8.64. The summed E-state index contributed by atoms with van der Waals surface area (Å²) in [4.78, 5) is 97.1. The van der Waals surface area contributed by atoms with E-state index in [9.17, 15) is 33.6 Å². The Bertz CT molecular complexity index is 1600. The van der Waals surface area contributed by atoms with Gasteiger partial charge in [0, 0.05) is 40.8 Å². The number of piperidine rings is 1. The first kappa shape index (κ1) is 41.2. The van der Waals surface area contributed by atoms with E-state index in [-0.39, 0.29) is 42.4 Å². The molecule has 5 amide bonds. The van der Waals surface area contributed by atoms with Gasteiger partial charge in [0.15, 0.2) is 0 Å². The van der Waals surface area contributed by atoms with Crippen molar-refractivity contribution in [2.24, 2.45) is 28.1 Å². The van der Waals surface area contributed by atoms with E-state index in [2.05, 4.69) is 27.8 Å². The molecule has 1 saturated heterocycles. The number of carbonyl (C=O) groups excluding carboxylic acids is 5. The van der Waals surface area contributed by atoms with Crippen LogP contribution in [0.2, 0.25) is 0 Å². The lowest BCUT2D eigenvalue weighted by atomic mass is 9.84. The zero-order valence-corrected chi connectivity index (χ0v) is 32.5. The van der Waals surface area contributed by atoms with Crippen LogP contribution in [0.1, 0.15) is 75.2 Å². The summed E-state index contributed by atoms with van der Waals surface area (Å²) >= 11 is 0. The molecule has 1 aliphatic heterocycles. The zero-order chi connectivity index (χ0) is 39.0. The van der Waals surface area contributed by atoms with E-state index in [1.807, 2.05) is 62.3 Å². The molecule has 6 atom stereocenters. The maximum Gasteiger partial charge on any atom is 0.315 e. The molecule has 0 aromatic heterocycles. The van der Waals surface area contributed by atoms with Crippen molar-refractivity contribution in [3.63, 3.8) is 0 Å². The van der Waals surface area contributed by atoms with Crippen molar-refractivity contribution in [1.82, 2.24) is 26.2 Å². The number of ketones is 1. The molecule has 0 bridgehead atoms. The van der Waals surface area contributed by atoms with Crippen molar-refractivity contribution in [2.45, 2.75) is 99.3 Å². The van der Waals surface area contributed by atoms with Crippen LogP contribution < -0.4 is 41.9 Å². The number of hydrogen-bond donors (Lipinski definition) is 4. The fraction of sp³-hybridized carbons (Fsp3) is 0.703. The van der Waals surface area contributed by atoms with Gasteiger partial charge in [0.1, 0.15) is 23.5 Å². The van der Waals surface area contributed by atoms with Crippen LogP contribution in [0.4, 0.5) is 16.2 Å². The fourth-order valence-electron chi connectivity index (χ4n) is 7.22. The van der Waals surface area contributed by atoms with E-state index in [4.69, 9.17) is 0 Å². The summed E-state index contributed by atoms with van der Waals surface area (Å²) < 4.78 is 0. The van der Waals surface area contributed by atoms with E-state index >= 15 is 0 Å². The third-order valence-corrected chi connectivity index (χ3v) is 10.5.